The Bertz CT molecular complexity index is 1040. The van der Waals surface area contributed by atoms with E-state index in [4.69, 9.17) is 0 Å². The van der Waals surface area contributed by atoms with Crippen molar-refractivity contribution >= 4 is 17.1 Å². The summed E-state index contributed by atoms with van der Waals surface area (Å²) in [6, 6.07) is 9.77. The van der Waals surface area contributed by atoms with Crippen molar-refractivity contribution in [2.45, 2.75) is 13.8 Å². The number of pyridine rings is 1. The van der Waals surface area contributed by atoms with Gasteiger partial charge in [-0.05, 0) is 37.8 Å². The fourth-order valence-corrected chi connectivity index (χ4v) is 2.88. The smallest absolute Gasteiger partial charge is 0.257 e. The number of fused-ring (bicyclic) bond motifs is 1. The molecule has 1 aliphatic heterocycles. The van der Waals surface area contributed by atoms with Crippen LogP contribution in [0.5, 0.6) is 0 Å². The van der Waals surface area contributed by atoms with E-state index in [1.54, 1.807) is 12.3 Å². The van der Waals surface area contributed by atoms with Gasteiger partial charge in [0.15, 0.2) is 5.65 Å². The summed E-state index contributed by atoms with van der Waals surface area (Å²) in [5, 5.41) is 6.09. The number of hydrogen-bond acceptors (Lipinski definition) is 4. The van der Waals surface area contributed by atoms with Crippen LogP contribution < -0.4 is 10.6 Å². The highest BCUT2D eigenvalue weighted by molar-refractivity contribution is 6.05. The highest BCUT2D eigenvalue weighted by Gasteiger charge is 2.17. The van der Waals surface area contributed by atoms with Gasteiger partial charge >= 0.3 is 0 Å². The number of rotatable bonds is 3. The predicted octanol–water partition coefficient (Wildman–Crippen LogP) is 3.05. The summed E-state index contributed by atoms with van der Waals surface area (Å²) in [6.45, 7) is 4.61. The maximum Gasteiger partial charge on any atom is 0.257 e. The van der Waals surface area contributed by atoms with Crippen molar-refractivity contribution in [2.75, 3.05) is 6.54 Å². The lowest BCUT2D eigenvalue weighted by atomic mass is 10.1. The summed E-state index contributed by atoms with van der Waals surface area (Å²) in [5.74, 6) is 0.522. The topological polar surface area (TPSA) is 82.7 Å². The highest BCUT2D eigenvalue weighted by atomic mass is 16.1. The van der Waals surface area contributed by atoms with Gasteiger partial charge in [0.2, 0.25) is 0 Å². The zero-order valence-electron chi connectivity index (χ0n) is 14.6. The van der Waals surface area contributed by atoms with Gasteiger partial charge in [0, 0.05) is 17.5 Å². The Morgan fingerprint density at radius 1 is 1.15 bits per heavy atom. The second-order valence-electron chi connectivity index (χ2n) is 6.34. The summed E-state index contributed by atoms with van der Waals surface area (Å²) in [7, 11) is 0. The van der Waals surface area contributed by atoms with Crippen LogP contribution in [0.2, 0.25) is 0 Å². The van der Waals surface area contributed by atoms with Crippen LogP contribution in [0.4, 0.5) is 0 Å². The summed E-state index contributed by atoms with van der Waals surface area (Å²) in [5.41, 5.74) is 5.73. The number of allylic oxidation sites excluding steroid dienone is 2. The molecule has 0 unspecified atom stereocenters. The summed E-state index contributed by atoms with van der Waals surface area (Å²) in [4.78, 5) is 24.9. The average Bonchev–Trinajstić information content (AvgIpc) is 3.08. The quantitative estimate of drug-likeness (QED) is 0.681. The molecule has 0 atom stereocenters. The van der Waals surface area contributed by atoms with E-state index in [0.29, 0.717) is 29.1 Å². The molecule has 130 valence electrons. The predicted molar refractivity (Wildman–Crippen MR) is 101 cm³/mol. The van der Waals surface area contributed by atoms with Crippen LogP contribution in [-0.2, 0) is 0 Å². The average molecular weight is 345 g/mol. The molecule has 0 saturated carbocycles. The minimum absolute atomic E-state index is 0.178. The molecule has 3 aromatic rings. The molecule has 1 amide bonds. The SMILES string of the molecule is CC1=C(NC(=O)c2ccnc3nc(-c4ccc(C)cc4)[nH]c23)CNC=C1. The van der Waals surface area contributed by atoms with E-state index in [9.17, 15) is 4.79 Å². The van der Waals surface area contributed by atoms with Crippen molar-refractivity contribution in [1.29, 1.82) is 0 Å². The lowest BCUT2D eigenvalue weighted by molar-refractivity contribution is 0.0966. The molecule has 0 aliphatic carbocycles. The van der Waals surface area contributed by atoms with Crippen LogP contribution in [0.3, 0.4) is 0 Å². The van der Waals surface area contributed by atoms with Gasteiger partial charge in [0.25, 0.3) is 5.91 Å². The fraction of sp³-hybridized carbons (Fsp3) is 0.150. The van der Waals surface area contributed by atoms with Gasteiger partial charge < -0.3 is 15.6 Å². The molecule has 0 fully saturated rings. The Kier molecular flexibility index (Phi) is 4.01. The second-order valence-corrected chi connectivity index (χ2v) is 6.34. The Morgan fingerprint density at radius 2 is 1.96 bits per heavy atom. The van der Waals surface area contributed by atoms with Crippen molar-refractivity contribution < 1.29 is 4.79 Å². The van der Waals surface area contributed by atoms with Crippen LogP contribution in [0.25, 0.3) is 22.6 Å². The first-order valence-electron chi connectivity index (χ1n) is 8.44. The lowest BCUT2D eigenvalue weighted by Gasteiger charge is -2.16. The maximum atomic E-state index is 12.8. The summed E-state index contributed by atoms with van der Waals surface area (Å²) >= 11 is 0. The largest absolute Gasteiger partial charge is 0.385 e. The molecule has 6 nitrogen and oxygen atoms in total. The number of carbonyl (C=O) groups excluding carboxylic acids is 1. The van der Waals surface area contributed by atoms with Gasteiger partial charge in [-0.2, -0.15) is 0 Å². The van der Waals surface area contributed by atoms with E-state index < -0.39 is 0 Å². The van der Waals surface area contributed by atoms with E-state index in [1.807, 2.05) is 50.4 Å². The molecule has 0 radical (unpaired) electrons. The molecule has 0 bridgehead atoms. The van der Waals surface area contributed by atoms with Crippen LogP contribution in [0.1, 0.15) is 22.8 Å². The van der Waals surface area contributed by atoms with Crippen LogP contribution in [-0.4, -0.2) is 27.4 Å². The Morgan fingerprint density at radius 3 is 2.73 bits per heavy atom. The van der Waals surface area contributed by atoms with E-state index in [1.165, 1.54) is 5.56 Å². The first kappa shape index (κ1) is 16.1. The van der Waals surface area contributed by atoms with Crippen molar-refractivity contribution in [1.82, 2.24) is 25.6 Å². The number of hydrogen-bond donors (Lipinski definition) is 3. The standard InChI is InChI=1S/C20H19N5O/c1-12-3-5-14(6-4-12)18-24-17-15(8-10-22-19(17)25-18)20(26)23-16-11-21-9-7-13(16)2/h3-10,21H,11H2,1-2H3,(H,23,26)(H,22,24,25). The minimum atomic E-state index is -0.178. The van der Waals surface area contributed by atoms with E-state index in [-0.39, 0.29) is 5.91 Å². The second kappa shape index (κ2) is 6.48. The minimum Gasteiger partial charge on any atom is -0.385 e. The number of nitrogens with zero attached hydrogens (tertiary/aromatic N) is 2. The zero-order valence-corrected chi connectivity index (χ0v) is 14.6. The monoisotopic (exact) mass is 345 g/mol. The third-order valence-corrected chi connectivity index (χ3v) is 4.43. The molecule has 0 saturated heterocycles. The summed E-state index contributed by atoms with van der Waals surface area (Å²) < 4.78 is 0. The number of aromatic amines is 1. The van der Waals surface area contributed by atoms with Crippen molar-refractivity contribution in [3.63, 3.8) is 0 Å². The number of amides is 1. The van der Waals surface area contributed by atoms with Crippen molar-refractivity contribution in [3.05, 3.63) is 71.2 Å². The molecular weight excluding hydrogens is 326 g/mol. The van der Waals surface area contributed by atoms with Gasteiger partial charge in [-0.15, -0.1) is 0 Å². The number of H-pyrrole nitrogens is 1. The molecule has 3 N–H and O–H groups in total. The Balaban J connectivity index is 1.70. The van der Waals surface area contributed by atoms with E-state index >= 15 is 0 Å². The number of benzene rings is 1. The molecule has 3 heterocycles. The van der Waals surface area contributed by atoms with Gasteiger partial charge in [0.1, 0.15) is 5.82 Å². The third kappa shape index (κ3) is 2.97. The number of aryl methyl sites for hydroxylation is 1. The van der Waals surface area contributed by atoms with Gasteiger partial charge in [-0.1, -0.05) is 29.8 Å². The van der Waals surface area contributed by atoms with E-state index in [0.717, 1.165) is 16.8 Å². The number of nitrogens with one attached hydrogen (secondary N) is 3. The van der Waals surface area contributed by atoms with Gasteiger partial charge in [0.05, 0.1) is 17.6 Å². The Labute approximate surface area is 151 Å². The molecule has 26 heavy (non-hydrogen) atoms. The number of imidazole rings is 1. The number of aromatic nitrogens is 3. The molecule has 6 heteroatoms. The Hall–Kier alpha value is -3.41. The molecule has 1 aliphatic rings. The van der Waals surface area contributed by atoms with Crippen LogP contribution in [0.15, 0.2) is 60.1 Å². The maximum absolute atomic E-state index is 12.8. The van der Waals surface area contributed by atoms with Gasteiger partial charge in [-0.3, -0.25) is 4.79 Å². The van der Waals surface area contributed by atoms with Crippen LogP contribution in [0, 0.1) is 6.92 Å². The normalized spacial score (nSPS) is 13.8. The molecule has 0 spiro atoms. The molecule has 2 aromatic heterocycles. The van der Waals surface area contributed by atoms with E-state index in [2.05, 4.69) is 25.6 Å². The van der Waals surface area contributed by atoms with Gasteiger partial charge in [-0.25, -0.2) is 9.97 Å². The summed E-state index contributed by atoms with van der Waals surface area (Å²) in [6.07, 6.45) is 5.42. The lowest BCUT2D eigenvalue weighted by Crippen LogP contribution is -2.31. The fourth-order valence-electron chi connectivity index (χ4n) is 2.88. The first-order valence-corrected chi connectivity index (χ1v) is 8.44. The molecular formula is C20H19N5O. The first-order chi connectivity index (χ1) is 12.6. The molecule has 4 rings (SSSR count). The number of carbonyl (C=O) groups is 1. The highest BCUT2D eigenvalue weighted by Crippen LogP contribution is 2.22. The third-order valence-electron chi connectivity index (χ3n) is 4.43. The zero-order chi connectivity index (χ0) is 18.1. The van der Waals surface area contributed by atoms with Crippen LogP contribution >= 0.6 is 0 Å². The van der Waals surface area contributed by atoms with Crippen molar-refractivity contribution in [3.8, 4) is 11.4 Å². The van der Waals surface area contributed by atoms with Crippen molar-refractivity contribution in [2.24, 2.45) is 0 Å². The molecule has 1 aromatic carbocycles. The number of dihydropyridines is 1.